The quantitative estimate of drug-likeness (QED) is 0.804. The molecule has 110 valence electrons. The predicted molar refractivity (Wildman–Crippen MR) is 74.9 cm³/mol. The van der Waals surface area contributed by atoms with Gasteiger partial charge in [-0.2, -0.15) is 0 Å². The topological polar surface area (TPSA) is 58.8 Å². The van der Waals surface area contributed by atoms with E-state index in [1.807, 2.05) is 18.7 Å². The molecule has 19 heavy (non-hydrogen) atoms. The third-order valence-electron chi connectivity index (χ3n) is 4.70. The molecule has 1 unspecified atom stereocenters. The molecule has 0 aromatic carbocycles. The van der Waals surface area contributed by atoms with Crippen LogP contribution in [0.15, 0.2) is 0 Å². The van der Waals surface area contributed by atoms with Crippen molar-refractivity contribution >= 4 is 5.91 Å². The van der Waals surface area contributed by atoms with Gasteiger partial charge in [-0.15, -0.1) is 0 Å². The number of ether oxygens (including phenoxy) is 1. The van der Waals surface area contributed by atoms with Gasteiger partial charge in [0.2, 0.25) is 5.91 Å². The molecule has 0 saturated carbocycles. The second-order valence-electron chi connectivity index (χ2n) is 5.71. The molecule has 2 saturated heterocycles. The lowest BCUT2D eigenvalue weighted by molar-refractivity contribution is -0.136. The number of amides is 1. The number of carbonyl (C=O) groups excluding carboxylic acids is 1. The number of morpholine rings is 1. The highest BCUT2D eigenvalue weighted by atomic mass is 16.5. The summed E-state index contributed by atoms with van der Waals surface area (Å²) in [5.74, 6) is 0.133. The van der Waals surface area contributed by atoms with Crippen LogP contribution in [-0.4, -0.2) is 66.7 Å². The molecular formula is C14H27N3O2. The van der Waals surface area contributed by atoms with Crippen molar-refractivity contribution in [2.45, 2.75) is 44.7 Å². The normalized spacial score (nSPS) is 25.8. The summed E-state index contributed by atoms with van der Waals surface area (Å²) >= 11 is 0. The zero-order valence-electron chi connectivity index (χ0n) is 12.2. The van der Waals surface area contributed by atoms with Crippen LogP contribution in [0, 0.1) is 0 Å². The van der Waals surface area contributed by atoms with Gasteiger partial charge in [0.1, 0.15) is 0 Å². The number of hydrogen-bond acceptors (Lipinski definition) is 4. The van der Waals surface area contributed by atoms with Gasteiger partial charge in [-0.25, -0.2) is 0 Å². The van der Waals surface area contributed by atoms with Gasteiger partial charge in [-0.05, 0) is 19.3 Å². The number of rotatable bonds is 4. The highest BCUT2D eigenvalue weighted by Gasteiger charge is 2.38. The average molecular weight is 269 g/mol. The first kappa shape index (κ1) is 14.8. The van der Waals surface area contributed by atoms with E-state index in [1.54, 1.807) is 0 Å². The fourth-order valence-corrected chi connectivity index (χ4v) is 3.03. The van der Waals surface area contributed by atoms with Crippen LogP contribution in [0.2, 0.25) is 0 Å². The van der Waals surface area contributed by atoms with E-state index in [0.717, 1.165) is 45.8 Å². The Morgan fingerprint density at radius 1 is 1.26 bits per heavy atom. The zero-order chi connectivity index (χ0) is 13.9. The molecule has 5 nitrogen and oxygen atoms in total. The summed E-state index contributed by atoms with van der Waals surface area (Å²) in [4.78, 5) is 16.9. The number of hydrogen-bond donors (Lipinski definition) is 1. The Hall–Kier alpha value is -0.650. The van der Waals surface area contributed by atoms with Crippen molar-refractivity contribution in [3.8, 4) is 0 Å². The maximum Gasteiger partial charge on any atom is 0.242 e. The lowest BCUT2D eigenvalue weighted by Crippen LogP contribution is -2.54. The number of likely N-dealkylation sites (tertiary alicyclic amines) is 1. The third-order valence-corrected chi connectivity index (χ3v) is 4.70. The molecule has 2 aliphatic heterocycles. The van der Waals surface area contributed by atoms with Crippen molar-refractivity contribution in [1.82, 2.24) is 9.80 Å². The maximum atomic E-state index is 12.5. The minimum atomic E-state index is -0.667. The van der Waals surface area contributed by atoms with Gasteiger partial charge >= 0.3 is 0 Å². The number of carbonyl (C=O) groups is 1. The van der Waals surface area contributed by atoms with Crippen LogP contribution in [0.25, 0.3) is 0 Å². The first-order valence-corrected chi connectivity index (χ1v) is 7.50. The fourth-order valence-electron chi connectivity index (χ4n) is 3.03. The average Bonchev–Trinajstić information content (AvgIpc) is 2.96. The van der Waals surface area contributed by atoms with E-state index in [9.17, 15) is 4.79 Å². The van der Waals surface area contributed by atoms with Crippen molar-refractivity contribution in [3.05, 3.63) is 0 Å². The van der Waals surface area contributed by atoms with Gasteiger partial charge in [-0.3, -0.25) is 9.69 Å². The molecule has 0 aromatic rings. The molecule has 1 amide bonds. The van der Waals surface area contributed by atoms with Crippen LogP contribution >= 0.6 is 0 Å². The Balaban J connectivity index is 1.92. The van der Waals surface area contributed by atoms with Crippen molar-refractivity contribution in [3.63, 3.8) is 0 Å². The highest BCUT2D eigenvalue weighted by Crippen LogP contribution is 2.22. The van der Waals surface area contributed by atoms with E-state index >= 15 is 0 Å². The summed E-state index contributed by atoms with van der Waals surface area (Å²) in [5, 5.41) is 0. The lowest BCUT2D eigenvalue weighted by atomic mass is 9.92. The maximum absolute atomic E-state index is 12.5. The second kappa shape index (κ2) is 6.20. The first-order chi connectivity index (χ1) is 9.10. The molecule has 2 N–H and O–H groups in total. The molecule has 0 spiro atoms. The molecular weight excluding hydrogens is 242 g/mol. The number of nitrogens with two attached hydrogens (primary N) is 1. The van der Waals surface area contributed by atoms with Gasteiger partial charge in [-0.1, -0.05) is 13.8 Å². The molecule has 2 fully saturated rings. The summed E-state index contributed by atoms with van der Waals surface area (Å²) in [7, 11) is 0. The number of nitrogens with zero attached hydrogens (tertiary/aromatic N) is 2. The monoisotopic (exact) mass is 269 g/mol. The summed E-state index contributed by atoms with van der Waals surface area (Å²) < 4.78 is 5.38. The molecule has 1 atom stereocenters. The Morgan fingerprint density at radius 2 is 1.89 bits per heavy atom. The Kier molecular flexibility index (Phi) is 4.81. The van der Waals surface area contributed by atoms with E-state index < -0.39 is 5.54 Å². The Morgan fingerprint density at radius 3 is 2.47 bits per heavy atom. The van der Waals surface area contributed by atoms with Crippen molar-refractivity contribution in [2.75, 3.05) is 39.4 Å². The van der Waals surface area contributed by atoms with Crippen LogP contribution in [0.3, 0.4) is 0 Å². The minimum absolute atomic E-state index is 0.133. The van der Waals surface area contributed by atoms with Crippen LogP contribution in [0.1, 0.15) is 33.1 Å². The molecule has 2 aliphatic rings. The van der Waals surface area contributed by atoms with Crippen LogP contribution in [-0.2, 0) is 9.53 Å². The smallest absolute Gasteiger partial charge is 0.242 e. The van der Waals surface area contributed by atoms with Gasteiger partial charge < -0.3 is 15.4 Å². The van der Waals surface area contributed by atoms with Crippen molar-refractivity contribution < 1.29 is 9.53 Å². The fraction of sp³-hybridized carbons (Fsp3) is 0.929. The third kappa shape index (κ3) is 3.09. The largest absolute Gasteiger partial charge is 0.379 e. The Bertz CT molecular complexity index is 312. The summed E-state index contributed by atoms with van der Waals surface area (Å²) in [6, 6.07) is 0.491. The van der Waals surface area contributed by atoms with E-state index in [-0.39, 0.29) is 5.91 Å². The molecule has 0 aliphatic carbocycles. The molecule has 0 bridgehead atoms. The van der Waals surface area contributed by atoms with Gasteiger partial charge in [0.05, 0.1) is 18.8 Å². The van der Waals surface area contributed by atoms with E-state index in [1.165, 1.54) is 0 Å². The van der Waals surface area contributed by atoms with Gasteiger partial charge in [0, 0.05) is 32.2 Å². The highest BCUT2D eigenvalue weighted by molar-refractivity contribution is 5.86. The minimum Gasteiger partial charge on any atom is -0.379 e. The lowest BCUT2D eigenvalue weighted by Gasteiger charge is -2.33. The first-order valence-electron chi connectivity index (χ1n) is 7.50. The van der Waals surface area contributed by atoms with Crippen LogP contribution in [0.5, 0.6) is 0 Å². The van der Waals surface area contributed by atoms with E-state index in [2.05, 4.69) is 4.90 Å². The SMILES string of the molecule is CCC(N)(CC)C(=O)N1CCC(N2CCOCC2)C1. The van der Waals surface area contributed by atoms with Crippen LogP contribution < -0.4 is 5.73 Å². The van der Waals surface area contributed by atoms with E-state index in [4.69, 9.17) is 10.5 Å². The molecule has 2 rings (SSSR count). The predicted octanol–water partition coefficient (Wildman–Crippen LogP) is 0.437. The second-order valence-corrected chi connectivity index (χ2v) is 5.71. The van der Waals surface area contributed by atoms with Crippen LogP contribution in [0.4, 0.5) is 0 Å². The molecule has 0 aromatic heterocycles. The standard InChI is InChI=1S/C14H27N3O2/c1-3-14(15,4-2)13(18)17-6-5-12(11-17)16-7-9-19-10-8-16/h12H,3-11,15H2,1-2H3. The summed E-state index contributed by atoms with van der Waals surface area (Å²) in [6.45, 7) is 9.28. The van der Waals surface area contributed by atoms with E-state index in [0.29, 0.717) is 18.9 Å². The van der Waals surface area contributed by atoms with Gasteiger partial charge in [0.25, 0.3) is 0 Å². The molecule has 5 heteroatoms. The van der Waals surface area contributed by atoms with Crippen molar-refractivity contribution in [2.24, 2.45) is 5.73 Å². The zero-order valence-corrected chi connectivity index (χ0v) is 12.2. The molecule has 0 radical (unpaired) electrons. The molecule has 2 heterocycles. The van der Waals surface area contributed by atoms with Crippen molar-refractivity contribution in [1.29, 1.82) is 0 Å². The summed E-state index contributed by atoms with van der Waals surface area (Å²) in [5.41, 5.74) is 5.55. The summed E-state index contributed by atoms with van der Waals surface area (Å²) in [6.07, 6.45) is 2.48. The van der Waals surface area contributed by atoms with Gasteiger partial charge in [0.15, 0.2) is 0 Å². The Labute approximate surface area is 116 Å².